The number of methoxy groups -OCH3 is 3. The molecule has 0 bridgehead atoms. The van der Waals surface area contributed by atoms with Crippen LogP contribution in [-0.2, 0) is 16.4 Å². The highest BCUT2D eigenvalue weighted by atomic mass is 32.2. The Labute approximate surface area is 251 Å². The van der Waals surface area contributed by atoms with Crippen molar-refractivity contribution in [1.82, 2.24) is 5.32 Å². The number of rotatable bonds is 12. The predicted molar refractivity (Wildman–Crippen MR) is 165 cm³/mol. The van der Waals surface area contributed by atoms with Crippen molar-refractivity contribution >= 4 is 33.2 Å². The summed E-state index contributed by atoms with van der Waals surface area (Å²) in [6, 6.07) is 24.5. The SMILES string of the molecule is COc1ccc(S(=O)(=O)N(C)c2ccc(C(=O)Nc3ccccc3C(=O)NCCc3ccc(OC)c(OC)c3)cc2)cc1. The number of sulfonamides is 1. The second kappa shape index (κ2) is 13.8. The van der Waals surface area contributed by atoms with Crippen molar-refractivity contribution in [3.8, 4) is 17.2 Å². The molecule has 4 aromatic carbocycles. The number of amides is 2. The summed E-state index contributed by atoms with van der Waals surface area (Å²) in [5, 5.41) is 5.67. The normalized spacial score (nSPS) is 10.9. The molecule has 11 heteroatoms. The van der Waals surface area contributed by atoms with Crippen molar-refractivity contribution < 1.29 is 32.2 Å². The van der Waals surface area contributed by atoms with E-state index < -0.39 is 15.9 Å². The largest absolute Gasteiger partial charge is 0.497 e. The van der Waals surface area contributed by atoms with Crippen LogP contribution < -0.4 is 29.1 Å². The number of carbonyl (C=O) groups is 2. The fourth-order valence-corrected chi connectivity index (χ4v) is 5.50. The molecule has 0 spiro atoms. The van der Waals surface area contributed by atoms with Gasteiger partial charge in [0.15, 0.2) is 11.5 Å². The predicted octanol–water partition coefficient (Wildman–Crippen LogP) is 4.76. The first-order valence-corrected chi connectivity index (χ1v) is 14.7. The summed E-state index contributed by atoms with van der Waals surface area (Å²) in [4.78, 5) is 26.1. The summed E-state index contributed by atoms with van der Waals surface area (Å²) < 4.78 is 43.0. The average Bonchev–Trinajstić information content (AvgIpc) is 3.04. The van der Waals surface area contributed by atoms with E-state index in [9.17, 15) is 18.0 Å². The summed E-state index contributed by atoms with van der Waals surface area (Å²) in [6.07, 6.45) is 0.565. The smallest absolute Gasteiger partial charge is 0.264 e. The molecule has 0 aliphatic heterocycles. The fraction of sp³-hybridized carbons (Fsp3) is 0.188. The molecule has 0 radical (unpaired) electrons. The monoisotopic (exact) mass is 603 g/mol. The maximum absolute atomic E-state index is 13.1. The second-order valence-corrected chi connectivity index (χ2v) is 11.4. The van der Waals surface area contributed by atoms with Crippen molar-refractivity contribution in [3.63, 3.8) is 0 Å². The zero-order valence-corrected chi connectivity index (χ0v) is 25.1. The van der Waals surface area contributed by atoms with Gasteiger partial charge in [0.25, 0.3) is 21.8 Å². The highest BCUT2D eigenvalue weighted by Gasteiger charge is 2.22. The highest BCUT2D eigenvalue weighted by molar-refractivity contribution is 7.92. The van der Waals surface area contributed by atoms with Crippen LogP contribution in [0.25, 0.3) is 0 Å². The molecule has 10 nitrogen and oxygen atoms in total. The minimum atomic E-state index is -3.83. The van der Waals surface area contributed by atoms with Crippen molar-refractivity contribution in [2.75, 3.05) is 44.5 Å². The third-order valence-corrected chi connectivity index (χ3v) is 8.58. The molecule has 4 rings (SSSR count). The molecule has 0 aliphatic rings. The first-order chi connectivity index (χ1) is 20.7. The van der Waals surface area contributed by atoms with Crippen LogP contribution in [0, 0.1) is 0 Å². The number of nitrogens with zero attached hydrogens (tertiary/aromatic N) is 1. The van der Waals surface area contributed by atoms with Gasteiger partial charge in [-0.3, -0.25) is 13.9 Å². The van der Waals surface area contributed by atoms with E-state index in [0.29, 0.717) is 52.7 Å². The third kappa shape index (κ3) is 7.25. The maximum Gasteiger partial charge on any atom is 0.264 e. The molecule has 2 N–H and O–H groups in total. The van der Waals surface area contributed by atoms with Gasteiger partial charge in [-0.05, 0) is 84.8 Å². The van der Waals surface area contributed by atoms with Gasteiger partial charge in [0.1, 0.15) is 5.75 Å². The van der Waals surface area contributed by atoms with Crippen LogP contribution >= 0.6 is 0 Å². The Hall–Kier alpha value is -5.03. The summed E-state index contributed by atoms with van der Waals surface area (Å²) in [6.45, 7) is 0.366. The first-order valence-electron chi connectivity index (χ1n) is 13.3. The molecule has 0 unspecified atom stereocenters. The van der Waals surface area contributed by atoms with E-state index in [1.165, 1.54) is 38.4 Å². The van der Waals surface area contributed by atoms with Crippen molar-refractivity contribution in [2.24, 2.45) is 0 Å². The zero-order valence-electron chi connectivity index (χ0n) is 24.3. The molecule has 0 fully saturated rings. The first kappa shape index (κ1) is 30.9. The third-order valence-electron chi connectivity index (χ3n) is 6.78. The van der Waals surface area contributed by atoms with E-state index >= 15 is 0 Å². The standard InChI is InChI=1S/C32H33N3O7S/c1-35(43(38,39)26-16-14-25(40-2)15-17-26)24-12-10-23(11-13-24)31(36)34-28-8-6-5-7-27(28)32(37)33-20-19-22-9-18-29(41-3)30(21-22)42-4/h5-18,21H,19-20H2,1-4H3,(H,33,37)(H,34,36). The van der Waals surface area contributed by atoms with Gasteiger partial charge in [0.2, 0.25) is 0 Å². The zero-order chi connectivity index (χ0) is 31.0. The Morgan fingerprint density at radius 2 is 1.44 bits per heavy atom. The molecule has 0 heterocycles. The number of anilines is 2. The van der Waals surface area contributed by atoms with Gasteiger partial charge < -0.3 is 24.8 Å². The number of hydrogen-bond donors (Lipinski definition) is 2. The molecule has 0 saturated carbocycles. The minimum Gasteiger partial charge on any atom is -0.497 e. The second-order valence-electron chi connectivity index (χ2n) is 9.39. The summed E-state index contributed by atoms with van der Waals surface area (Å²) in [7, 11) is 2.25. The molecule has 43 heavy (non-hydrogen) atoms. The summed E-state index contributed by atoms with van der Waals surface area (Å²) in [5.41, 5.74) is 2.29. The Balaban J connectivity index is 1.40. The number of hydrogen-bond acceptors (Lipinski definition) is 7. The van der Waals surface area contributed by atoms with Crippen LogP contribution in [0.5, 0.6) is 17.2 Å². The molecule has 0 aliphatic carbocycles. The highest BCUT2D eigenvalue weighted by Crippen LogP contribution is 2.28. The van der Waals surface area contributed by atoms with Gasteiger partial charge in [-0.2, -0.15) is 0 Å². The van der Waals surface area contributed by atoms with Gasteiger partial charge in [0, 0.05) is 19.2 Å². The van der Waals surface area contributed by atoms with Crippen molar-refractivity contribution in [2.45, 2.75) is 11.3 Å². The van der Waals surface area contributed by atoms with Crippen molar-refractivity contribution in [1.29, 1.82) is 0 Å². The van der Waals surface area contributed by atoms with E-state index in [1.807, 2.05) is 18.2 Å². The molecular formula is C32H33N3O7S. The number of benzene rings is 4. The fourth-order valence-electron chi connectivity index (χ4n) is 4.30. The molecule has 0 aromatic heterocycles. The number of carbonyl (C=O) groups excluding carboxylic acids is 2. The lowest BCUT2D eigenvalue weighted by Crippen LogP contribution is -2.27. The lowest BCUT2D eigenvalue weighted by atomic mass is 10.1. The molecule has 0 atom stereocenters. The van der Waals surface area contributed by atoms with Crippen LogP contribution in [0.4, 0.5) is 11.4 Å². The van der Waals surface area contributed by atoms with Crippen LogP contribution in [-0.4, -0.2) is 55.2 Å². The molecule has 2 amide bonds. The van der Waals surface area contributed by atoms with Crippen LogP contribution in [0.1, 0.15) is 26.3 Å². The van der Waals surface area contributed by atoms with Crippen LogP contribution in [0.15, 0.2) is 95.9 Å². The maximum atomic E-state index is 13.1. The quantitative estimate of drug-likeness (QED) is 0.239. The molecule has 4 aromatic rings. The number of ether oxygens (including phenoxy) is 3. The number of nitrogens with one attached hydrogen (secondary N) is 2. The van der Waals surface area contributed by atoms with Gasteiger partial charge in [-0.1, -0.05) is 18.2 Å². The molecule has 224 valence electrons. The van der Waals surface area contributed by atoms with Gasteiger partial charge in [-0.25, -0.2) is 8.42 Å². The Morgan fingerprint density at radius 1 is 0.767 bits per heavy atom. The Kier molecular flexibility index (Phi) is 9.89. The number of para-hydroxylation sites is 1. The summed E-state index contributed by atoms with van der Waals surface area (Å²) >= 11 is 0. The summed E-state index contributed by atoms with van der Waals surface area (Å²) in [5.74, 6) is 0.999. The van der Waals surface area contributed by atoms with Crippen molar-refractivity contribution in [3.05, 3.63) is 108 Å². The molecular weight excluding hydrogens is 570 g/mol. The van der Waals surface area contributed by atoms with Gasteiger partial charge >= 0.3 is 0 Å². The van der Waals surface area contributed by atoms with E-state index in [1.54, 1.807) is 62.8 Å². The lowest BCUT2D eigenvalue weighted by molar-refractivity contribution is 0.0955. The van der Waals surface area contributed by atoms with Crippen LogP contribution in [0.2, 0.25) is 0 Å². The Morgan fingerprint density at radius 3 is 2.09 bits per heavy atom. The average molecular weight is 604 g/mol. The van der Waals surface area contributed by atoms with E-state index in [0.717, 1.165) is 9.87 Å². The van der Waals surface area contributed by atoms with Gasteiger partial charge in [0.05, 0.1) is 43.2 Å². The lowest BCUT2D eigenvalue weighted by Gasteiger charge is -2.20. The van der Waals surface area contributed by atoms with E-state index in [2.05, 4.69) is 10.6 Å². The Bertz CT molecular complexity index is 1690. The van der Waals surface area contributed by atoms with Crippen LogP contribution in [0.3, 0.4) is 0 Å². The topological polar surface area (TPSA) is 123 Å². The van der Waals surface area contributed by atoms with E-state index in [-0.39, 0.29) is 10.8 Å². The minimum absolute atomic E-state index is 0.108. The van der Waals surface area contributed by atoms with E-state index in [4.69, 9.17) is 14.2 Å². The van der Waals surface area contributed by atoms with Gasteiger partial charge in [-0.15, -0.1) is 0 Å². The molecule has 0 saturated heterocycles.